The number of furan rings is 1. The number of hydrogen-bond acceptors (Lipinski definition) is 4. The van der Waals surface area contributed by atoms with Gasteiger partial charge in [0.1, 0.15) is 11.2 Å². The van der Waals surface area contributed by atoms with Crippen LogP contribution in [0, 0.1) is 0 Å². The van der Waals surface area contributed by atoms with Crippen molar-refractivity contribution in [3.05, 3.63) is 164 Å². The predicted molar refractivity (Wildman–Crippen MR) is 213 cm³/mol. The molecule has 11 rings (SSSR count). The van der Waals surface area contributed by atoms with Crippen molar-refractivity contribution in [2.75, 3.05) is 0 Å². The van der Waals surface area contributed by atoms with Crippen molar-refractivity contribution < 1.29 is 4.42 Å². The number of nitrogens with zero attached hydrogens (tertiary/aromatic N) is 3. The molecule has 51 heavy (non-hydrogen) atoms. The summed E-state index contributed by atoms with van der Waals surface area (Å²) in [5.41, 5.74) is 10.0. The molecule has 0 aliphatic carbocycles. The molecule has 0 amide bonds. The van der Waals surface area contributed by atoms with Crippen molar-refractivity contribution in [1.82, 2.24) is 14.5 Å². The molecule has 0 fully saturated rings. The average molecular weight is 670 g/mol. The van der Waals surface area contributed by atoms with Gasteiger partial charge in [0.05, 0.1) is 22.4 Å². The van der Waals surface area contributed by atoms with Crippen LogP contribution >= 0.6 is 11.3 Å². The van der Waals surface area contributed by atoms with Gasteiger partial charge in [0.25, 0.3) is 0 Å². The number of benzene rings is 7. The average Bonchev–Trinajstić information content (AvgIpc) is 3.87. The Labute approximate surface area is 296 Å². The number of para-hydroxylation sites is 2. The van der Waals surface area contributed by atoms with E-state index in [1.54, 1.807) is 0 Å². The normalized spacial score (nSPS) is 11.9. The van der Waals surface area contributed by atoms with E-state index in [-0.39, 0.29) is 0 Å². The van der Waals surface area contributed by atoms with Gasteiger partial charge in [-0.15, -0.1) is 11.3 Å². The molecule has 11 aromatic rings. The van der Waals surface area contributed by atoms with Gasteiger partial charge in [-0.3, -0.25) is 0 Å². The lowest BCUT2D eigenvalue weighted by molar-refractivity contribution is 0.669. The van der Waals surface area contributed by atoms with Crippen molar-refractivity contribution in [2.24, 2.45) is 0 Å². The minimum Gasteiger partial charge on any atom is -0.456 e. The van der Waals surface area contributed by atoms with Crippen LogP contribution in [-0.4, -0.2) is 14.5 Å². The van der Waals surface area contributed by atoms with Crippen LogP contribution < -0.4 is 0 Å². The van der Waals surface area contributed by atoms with Crippen LogP contribution in [0.2, 0.25) is 0 Å². The Balaban J connectivity index is 1.14. The molecule has 0 unspecified atom stereocenters. The van der Waals surface area contributed by atoms with Crippen LogP contribution in [0.4, 0.5) is 0 Å². The molecule has 0 aliphatic rings. The third-order valence-corrected chi connectivity index (χ3v) is 11.1. The second kappa shape index (κ2) is 11.0. The Hall–Kier alpha value is -6.56. The Morgan fingerprint density at radius 1 is 0.431 bits per heavy atom. The lowest BCUT2D eigenvalue weighted by atomic mass is 10.0. The number of hydrogen-bond donors (Lipinski definition) is 0. The number of rotatable bonds is 4. The maximum Gasteiger partial charge on any atom is 0.160 e. The Morgan fingerprint density at radius 2 is 1.08 bits per heavy atom. The summed E-state index contributed by atoms with van der Waals surface area (Å²) in [6.07, 6.45) is 0. The van der Waals surface area contributed by atoms with Gasteiger partial charge in [-0.05, 0) is 72.8 Å². The second-order valence-corrected chi connectivity index (χ2v) is 14.1. The van der Waals surface area contributed by atoms with E-state index in [0.717, 1.165) is 61.2 Å². The summed E-state index contributed by atoms with van der Waals surface area (Å²) in [5, 5.41) is 7.15. The third-order valence-electron chi connectivity index (χ3n) is 10.0. The van der Waals surface area contributed by atoms with Crippen molar-refractivity contribution in [3.8, 4) is 39.6 Å². The fourth-order valence-electron chi connectivity index (χ4n) is 7.69. The standard InChI is InChI=1S/C46H27N3OS/c1-3-11-28(12-4-1)46-47-36(29-19-21-39-34(25-29)32-15-7-9-17-38(32)49(39)31-13-5-2-6-14-31)27-37(48-46)30-20-22-40-35(26-30)44-41(50-40)23-24-43-45(44)33-16-8-10-18-42(33)51-43/h1-27H. The minimum absolute atomic E-state index is 0.693. The van der Waals surface area contributed by atoms with Gasteiger partial charge in [0.15, 0.2) is 5.82 Å². The maximum absolute atomic E-state index is 6.44. The lowest BCUT2D eigenvalue weighted by Crippen LogP contribution is -1.96. The summed E-state index contributed by atoms with van der Waals surface area (Å²) in [5.74, 6) is 0.693. The van der Waals surface area contributed by atoms with E-state index >= 15 is 0 Å². The first kappa shape index (κ1) is 28.3. The Kier molecular flexibility index (Phi) is 6.09. The molecule has 7 aromatic carbocycles. The van der Waals surface area contributed by atoms with Crippen LogP contribution in [0.5, 0.6) is 0 Å². The minimum atomic E-state index is 0.693. The molecule has 4 aromatic heterocycles. The van der Waals surface area contributed by atoms with Crippen molar-refractivity contribution in [3.63, 3.8) is 0 Å². The van der Waals surface area contributed by atoms with Gasteiger partial charge < -0.3 is 8.98 Å². The molecule has 5 heteroatoms. The van der Waals surface area contributed by atoms with E-state index in [0.29, 0.717) is 5.82 Å². The van der Waals surface area contributed by atoms with Crippen LogP contribution in [-0.2, 0) is 0 Å². The third kappa shape index (κ3) is 4.38. The molecule has 0 aliphatic heterocycles. The highest BCUT2D eigenvalue weighted by molar-refractivity contribution is 7.26. The highest BCUT2D eigenvalue weighted by Gasteiger charge is 2.18. The smallest absolute Gasteiger partial charge is 0.160 e. The predicted octanol–water partition coefficient (Wildman–Crippen LogP) is 12.8. The van der Waals surface area contributed by atoms with Crippen LogP contribution in [0.15, 0.2) is 168 Å². The van der Waals surface area contributed by atoms with Crippen LogP contribution in [0.1, 0.15) is 0 Å². The summed E-state index contributed by atoms with van der Waals surface area (Å²) in [4.78, 5) is 10.4. The van der Waals surface area contributed by atoms with E-state index in [1.165, 1.54) is 36.5 Å². The van der Waals surface area contributed by atoms with Crippen LogP contribution in [0.25, 0.3) is 104 Å². The van der Waals surface area contributed by atoms with E-state index in [4.69, 9.17) is 14.4 Å². The van der Waals surface area contributed by atoms with Gasteiger partial charge in [0.2, 0.25) is 0 Å². The molecule has 0 radical (unpaired) electrons. The second-order valence-electron chi connectivity index (χ2n) is 13.0. The molecular formula is C46H27N3OS. The Bertz CT molecular complexity index is 3140. The largest absolute Gasteiger partial charge is 0.456 e. The quantitative estimate of drug-likeness (QED) is 0.187. The first-order chi connectivity index (χ1) is 25.3. The zero-order valence-electron chi connectivity index (χ0n) is 27.2. The molecule has 0 saturated carbocycles. The summed E-state index contributed by atoms with van der Waals surface area (Å²) < 4.78 is 11.3. The molecule has 0 atom stereocenters. The number of fused-ring (bicyclic) bond motifs is 10. The monoisotopic (exact) mass is 669 g/mol. The first-order valence-corrected chi connectivity index (χ1v) is 17.9. The van der Waals surface area contributed by atoms with Crippen molar-refractivity contribution in [2.45, 2.75) is 0 Å². The molecule has 0 saturated heterocycles. The summed E-state index contributed by atoms with van der Waals surface area (Å²) in [6, 6.07) is 57.6. The summed E-state index contributed by atoms with van der Waals surface area (Å²) >= 11 is 1.83. The molecule has 4 heterocycles. The molecule has 0 bridgehead atoms. The molecule has 0 N–H and O–H groups in total. The summed E-state index contributed by atoms with van der Waals surface area (Å²) in [6.45, 7) is 0. The zero-order chi connectivity index (χ0) is 33.5. The zero-order valence-corrected chi connectivity index (χ0v) is 28.1. The Morgan fingerprint density at radius 3 is 1.90 bits per heavy atom. The topological polar surface area (TPSA) is 43.9 Å². The first-order valence-electron chi connectivity index (χ1n) is 17.1. The molecular weight excluding hydrogens is 643 g/mol. The van der Waals surface area contributed by atoms with E-state index in [1.807, 2.05) is 29.5 Å². The van der Waals surface area contributed by atoms with Gasteiger partial charge in [-0.1, -0.05) is 91.0 Å². The maximum atomic E-state index is 6.44. The van der Waals surface area contributed by atoms with Gasteiger partial charge in [-0.25, -0.2) is 9.97 Å². The highest BCUT2D eigenvalue weighted by Crippen LogP contribution is 2.43. The van der Waals surface area contributed by atoms with Crippen molar-refractivity contribution in [1.29, 1.82) is 0 Å². The fraction of sp³-hybridized carbons (Fsp3) is 0. The van der Waals surface area contributed by atoms with Crippen molar-refractivity contribution >= 4 is 75.3 Å². The van der Waals surface area contributed by atoms with E-state index in [9.17, 15) is 0 Å². The number of thiophene rings is 1. The molecule has 238 valence electrons. The SMILES string of the molecule is c1ccc(-c2nc(-c3ccc4oc5ccc6sc7ccccc7c6c5c4c3)cc(-c3ccc4c(c3)c3ccccc3n4-c3ccccc3)n2)cc1. The fourth-order valence-corrected chi connectivity index (χ4v) is 8.80. The number of aromatic nitrogens is 3. The van der Waals surface area contributed by atoms with Gasteiger partial charge >= 0.3 is 0 Å². The van der Waals surface area contributed by atoms with Crippen LogP contribution in [0.3, 0.4) is 0 Å². The lowest BCUT2D eigenvalue weighted by Gasteiger charge is -2.11. The van der Waals surface area contributed by atoms with E-state index < -0.39 is 0 Å². The van der Waals surface area contributed by atoms with Gasteiger partial charge in [0, 0.05) is 64.1 Å². The highest BCUT2D eigenvalue weighted by atomic mass is 32.1. The van der Waals surface area contributed by atoms with Gasteiger partial charge in [-0.2, -0.15) is 0 Å². The molecule has 0 spiro atoms. The van der Waals surface area contributed by atoms with E-state index in [2.05, 4.69) is 150 Å². The molecule has 4 nitrogen and oxygen atoms in total. The summed E-state index contributed by atoms with van der Waals surface area (Å²) in [7, 11) is 0.